The second-order valence-electron chi connectivity index (χ2n) is 9.83. The number of nitriles is 2. The first-order valence-electron chi connectivity index (χ1n) is 12.6. The molecule has 2 aromatic rings. The molecule has 0 spiro atoms. The molecule has 2 aromatic carbocycles. The van der Waals surface area contributed by atoms with Crippen LogP contribution in [0.5, 0.6) is 11.5 Å². The molecule has 1 aliphatic carbocycles. The number of ether oxygens (including phenoxy) is 2. The third kappa shape index (κ3) is 6.99. The number of likely N-dealkylation sites (tertiary alicyclic amines) is 1. The SMILES string of the molecule is COc1ccc([C@@]23CC[C@@H](NC(=O)Nc4ccc(C#N)c(C#N)c4)C[C@@H]2N(C)CC3)cc1OC.O=C(O)C(F)(F)F. The lowest BCUT2D eigenvalue weighted by atomic mass is 9.65. The number of halogens is 3. The van der Waals surface area contributed by atoms with Crippen molar-refractivity contribution in [2.45, 2.75) is 49.4 Å². The number of carboxylic acid groups (broad SMARTS) is 1. The number of hydrogen-bond donors (Lipinski definition) is 3. The van der Waals surface area contributed by atoms with Gasteiger partial charge in [-0.2, -0.15) is 23.7 Å². The van der Waals surface area contributed by atoms with E-state index < -0.39 is 12.1 Å². The van der Waals surface area contributed by atoms with Gasteiger partial charge >= 0.3 is 18.2 Å². The molecule has 1 heterocycles. The molecule has 0 bridgehead atoms. The lowest BCUT2D eigenvalue weighted by molar-refractivity contribution is -0.192. The minimum Gasteiger partial charge on any atom is -0.493 e. The van der Waals surface area contributed by atoms with Crippen LogP contribution in [0.2, 0.25) is 0 Å². The molecule has 13 heteroatoms. The summed E-state index contributed by atoms with van der Waals surface area (Å²) in [5, 5.41) is 31.3. The number of carboxylic acids is 1. The highest BCUT2D eigenvalue weighted by atomic mass is 19.4. The highest BCUT2D eigenvalue weighted by molar-refractivity contribution is 5.89. The molecule has 0 radical (unpaired) electrons. The van der Waals surface area contributed by atoms with E-state index in [9.17, 15) is 23.2 Å². The van der Waals surface area contributed by atoms with Crippen LogP contribution in [0.3, 0.4) is 0 Å². The van der Waals surface area contributed by atoms with Crippen LogP contribution in [0, 0.1) is 22.7 Å². The van der Waals surface area contributed by atoms with Gasteiger partial charge < -0.3 is 30.1 Å². The number of amides is 2. The van der Waals surface area contributed by atoms with E-state index in [0.29, 0.717) is 11.7 Å². The first kappa shape index (κ1) is 31.0. The summed E-state index contributed by atoms with van der Waals surface area (Å²) in [4.78, 5) is 24.0. The summed E-state index contributed by atoms with van der Waals surface area (Å²) in [6.45, 7) is 1.00. The summed E-state index contributed by atoms with van der Waals surface area (Å²) in [6.07, 6.45) is -1.36. The molecule has 10 nitrogen and oxygen atoms in total. The van der Waals surface area contributed by atoms with E-state index in [-0.39, 0.29) is 28.6 Å². The Morgan fingerprint density at radius 2 is 1.71 bits per heavy atom. The van der Waals surface area contributed by atoms with Crippen LogP contribution in [0.15, 0.2) is 36.4 Å². The summed E-state index contributed by atoms with van der Waals surface area (Å²) in [7, 11) is 5.45. The van der Waals surface area contributed by atoms with Crippen molar-refractivity contribution in [2.24, 2.45) is 0 Å². The highest BCUT2D eigenvalue weighted by Gasteiger charge is 2.50. The van der Waals surface area contributed by atoms with Crippen LogP contribution in [0.25, 0.3) is 0 Å². The maximum absolute atomic E-state index is 12.7. The lowest BCUT2D eigenvalue weighted by Gasteiger charge is -2.45. The number of benzene rings is 2. The molecule has 1 saturated heterocycles. The minimum absolute atomic E-state index is 0.0117. The standard InChI is InChI=1S/C26H29N5O3.C2HF3O2/c1-31-11-10-26(19-5-7-22(33-2)23(13-19)34-3)9-8-21(14-24(26)31)30-25(32)29-20-6-4-17(15-27)18(12-20)16-28;3-2(4,5)1(6)7/h4-7,12-13,21,24H,8-11,14H2,1-3H3,(H2,29,30,32);(H,6,7)/t21-,24+,26+;/m1./s1. The molecule has 1 aliphatic heterocycles. The van der Waals surface area contributed by atoms with Crippen LogP contribution in [0.4, 0.5) is 23.7 Å². The van der Waals surface area contributed by atoms with Gasteiger partial charge in [-0.25, -0.2) is 9.59 Å². The third-order valence-corrected chi connectivity index (χ3v) is 7.58. The van der Waals surface area contributed by atoms with Gasteiger partial charge in [-0.15, -0.1) is 0 Å². The number of nitrogens with zero attached hydrogens (tertiary/aromatic N) is 3. The zero-order chi connectivity index (χ0) is 30.4. The zero-order valence-corrected chi connectivity index (χ0v) is 22.7. The molecule has 41 heavy (non-hydrogen) atoms. The van der Waals surface area contributed by atoms with Crippen molar-refractivity contribution in [2.75, 3.05) is 33.1 Å². The van der Waals surface area contributed by atoms with E-state index in [2.05, 4.69) is 34.7 Å². The van der Waals surface area contributed by atoms with Crippen LogP contribution in [-0.4, -0.2) is 68.1 Å². The van der Waals surface area contributed by atoms with E-state index in [1.165, 1.54) is 11.6 Å². The van der Waals surface area contributed by atoms with Crippen LogP contribution in [-0.2, 0) is 10.2 Å². The molecule has 1 saturated carbocycles. The Morgan fingerprint density at radius 3 is 2.29 bits per heavy atom. The second kappa shape index (κ2) is 12.8. The molecule has 2 fully saturated rings. The second-order valence-corrected chi connectivity index (χ2v) is 9.83. The van der Waals surface area contributed by atoms with Gasteiger partial charge in [0.05, 0.1) is 25.3 Å². The molecule has 4 rings (SSSR count). The topological polar surface area (TPSA) is 148 Å². The normalized spacial score (nSPS) is 21.7. The largest absolute Gasteiger partial charge is 0.493 e. The van der Waals surface area contributed by atoms with E-state index in [1.54, 1.807) is 26.4 Å². The summed E-state index contributed by atoms with van der Waals surface area (Å²) in [6, 6.07) is 14.9. The Bertz CT molecular complexity index is 1370. The Kier molecular flexibility index (Phi) is 9.68. The fourth-order valence-electron chi connectivity index (χ4n) is 5.56. The maximum Gasteiger partial charge on any atom is 0.490 e. The van der Waals surface area contributed by atoms with Gasteiger partial charge in [-0.05, 0) is 75.2 Å². The van der Waals surface area contributed by atoms with Gasteiger partial charge in [-0.3, -0.25) is 0 Å². The number of aliphatic carboxylic acids is 1. The van der Waals surface area contributed by atoms with E-state index in [0.717, 1.165) is 43.7 Å². The molecule has 0 aromatic heterocycles. The minimum atomic E-state index is -5.08. The van der Waals surface area contributed by atoms with Crippen molar-refractivity contribution in [3.05, 3.63) is 53.1 Å². The molecular formula is C28H30F3N5O5. The number of urea groups is 1. The number of rotatable bonds is 5. The summed E-state index contributed by atoms with van der Waals surface area (Å²) >= 11 is 0. The summed E-state index contributed by atoms with van der Waals surface area (Å²) < 4.78 is 42.7. The molecule has 218 valence electrons. The Balaban J connectivity index is 0.000000587. The molecule has 3 N–H and O–H groups in total. The number of nitrogens with one attached hydrogen (secondary N) is 2. The monoisotopic (exact) mass is 573 g/mol. The Morgan fingerprint density at radius 1 is 1.05 bits per heavy atom. The number of alkyl halides is 3. The zero-order valence-electron chi connectivity index (χ0n) is 22.7. The molecule has 2 aliphatic rings. The smallest absolute Gasteiger partial charge is 0.490 e. The van der Waals surface area contributed by atoms with E-state index in [4.69, 9.17) is 24.6 Å². The van der Waals surface area contributed by atoms with Gasteiger partial charge in [0, 0.05) is 23.2 Å². The van der Waals surface area contributed by atoms with Gasteiger partial charge in [0.15, 0.2) is 11.5 Å². The number of hydrogen-bond acceptors (Lipinski definition) is 7. The molecule has 0 unspecified atom stereocenters. The van der Waals surface area contributed by atoms with Crippen molar-refractivity contribution >= 4 is 17.7 Å². The number of methoxy groups -OCH3 is 2. The quantitative estimate of drug-likeness (QED) is 0.477. The van der Waals surface area contributed by atoms with Gasteiger partial charge in [-0.1, -0.05) is 6.07 Å². The fourth-order valence-corrected chi connectivity index (χ4v) is 5.56. The number of carbonyl (C=O) groups is 2. The molecule has 3 atom stereocenters. The molecule has 2 amide bonds. The average molecular weight is 574 g/mol. The Labute approximate surface area is 235 Å². The lowest BCUT2D eigenvalue weighted by Crippen LogP contribution is -2.52. The number of anilines is 1. The van der Waals surface area contributed by atoms with Crippen molar-refractivity contribution in [3.63, 3.8) is 0 Å². The summed E-state index contributed by atoms with van der Waals surface area (Å²) in [5.74, 6) is -1.30. The van der Waals surface area contributed by atoms with Crippen molar-refractivity contribution in [1.29, 1.82) is 10.5 Å². The number of likely N-dealkylation sites (N-methyl/N-ethyl adjacent to an activating group) is 1. The first-order chi connectivity index (χ1) is 19.4. The average Bonchev–Trinajstić information content (AvgIpc) is 3.28. The predicted molar refractivity (Wildman–Crippen MR) is 142 cm³/mol. The number of carbonyl (C=O) groups excluding carboxylic acids is 1. The fraction of sp³-hybridized carbons (Fsp3) is 0.429. The van der Waals surface area contributed by atoms with Crippen LogP contribution >= 0.6 is 0 Å². The van der Waals surface area contributed by atoms with Crippen molar-refractivity contribution in [3.8, 4) is 23.6 Å². The first-order valence-corrected chi connectivity index (χ1v) is 12.6. The van der Waals surface area contributed by atoms with E-state index in [1.807, 2.05) is 18.2 Å². The maximum atomic E-state index is 12.7. The Hall–Kier alpha value is -4.49. The van der Waals surface area contributed by atoms with Crippen molar-refractivity contribution < 1.29 is 37.3 Å². The third-order valence-electron chi connectivity index (χ3n) is 7.58. The van der Waals surface area contributed by atoms with Crippen LogP contribution < -0.4 is 20.1 Å². The highest BCUT2D eigenvalue weighted by Crippen LogP contribution is 2.49. The van der Waals surface area contributed by atoms with Gasteiger partial charge in [0.2, 0.25) is 0 Å². The van der Waals surface area contributed by atoms with Gasteiger partial charge in [0.1, 0.15) is 12.1 Å². The van der Waals surface area contributed by atoms with Gasteiger partial charge in [0.25, 0.3) is 0 Å². The van der Waals surface area contributed by atoms with Crippen molar-refractivity contribution in [1.82, 2.24) is 10.2 Å². The summed E-state index contributed by atoms with van der Waals surface area (Å²) in [5.41, 5.74) is 2.28. The number of fused-ring (bicyclic) bond motifs is 1. The van der Waals surface area contributed by atoms with E-state index >= 15 is 0 Å². The molecular weight excluding hydrogens is 543 g/mol. The predicted octanol–water partition coefficient (Wildman–Crippen LogP) is 4.40. The van der Waals surface area contributed by atoms with Crippen LogP contribution in [0.1, 0.15) is 42.4 Å².